The van der Waals surface area contributed by atoms with Crippen molar-refractivity contribution < 1.29 is 14.4 Å². The van der Waals surface area contributed by atoms with E-state index in [9.17, 15) is 14.4 Å². The Hall–Kier alpha value is -4.11. The number of ketones is 3. The zero-order chi connectivity index (χ0) is 24.9. The molecular weight excluding hydrogens is 444 g/mol. The van der Waals surface area contributed by atoms with Gasteiger partial charge in [0.2, 0.25) is 0 Å². The van der Waals surface area contributed by atoms with Crippen LogP contribution in [0.5, 0.6) is 0 Å². The molecule has 3 aliphatic carbocycles. The van der Waals surface area contributed by atoms with Crippen LogP contribution in [-0.2, 0) is 21.0 Å². The van der Waals surface area contributed by atoms with Crippen molar-refractivity contribution in [3.8, 4) is 0 Å². The molecule has 0 bridgehead atoms. The highest BCUT2D eigenvalue weighted by molar-refractivity contribution is 6.30. The van der Waals surface area contributed by atoms with Crippen LogP contribution >= 0.6 is 0 Å². The highest BCUT2D eigenvalue weighted by Gasteiger charge is 3.05. The van der Waals surface area contributed by atoms with Gasteiger partial charge in [0.05, 0.1) is 16.2 Å². The maximum atomic E-state index is 15.0. The van der Waals surface area contributed by atoms with Gasteiger partial charge in [0.1, 0.15) is 5.78 Å². The summed E-state index contributed by atoms with van der Waals surface area (Å²) < 4.78 is 0. The molecule has 0 aliphatic heterocycles. The number of fused-ring (bicyclic) bond motifs is 7. The van der Waals surface area contributed by atoms with E-state index in [0.717, 1.165) is 22.3 Å². The molecule has 4 atom stereocenters. The lowest BCUT2D eigenvalue weighted by molar-refractivity contribution is -0.120. The lowest BCUT2D eigenvalue weighted by Crippen LogP contribution is -2.41. The fourth-order valence-electron chi connectivity index (χ4n) is 8.52. The Labute approximate surface area is 209 Å². The molecule has 4 aromatic rings. The van der Waals surface area contributed by atoms with Gasteiger partial charge in [-0.3, -0.25) is 14.4 Å². The smallest absolute Gasteiger partial charge is 0.175 e. The Bertz CT molecular complexity index is 1620. The van der Waals surface area contributed by atoms with E-state index in [1.807, 2.05) is 84.9 Å². The van der Waals surface area contributed by atoms with Gasteiger partial charge >= 0.3 is 0 Å². The molecule has 4 aromatic carbocycles. The van der Waals surface area contributed by atoms with Gasteiger partial charge in [-0.15, -0.1) is 0 Å². The van der Waals surface area contributed by atoms with E-state index in [1.165, 1.54) is 0 Å². The third-order valence-corrected chi connectivity index (χ3v) is 9.40. The molecule has 36 heavy (non-hydrogen) atoms. The Kier molecular flexibility index (Phi) is 3.86. The summed E-state index contributed by atoms with van der Waals surface area (Å²) in [6, 6.07) is 34.0. The van der Waals surface area contributed by atoms with E-state index >= 15 is 0 Å². The van der Waals surface area contributed by atoms with Crippen LogP contribution in [-0.4, -0.2) is 17.3 Å². The summed E-state index contributed by atoms with van der Waals surface area (Å²) in [6.07, 6.45) is 0. The van der Waals surface area contributed by atoms with E-state index in [0.29, 0.717) is 11.1 Å². The van der Waals surface area contributed by atoms with Gasteiger partial charge in [-0.25, -0.2) is 0 Å². The topological polar surface area (TPSA) is 51.2 Å². The minimum atomic E-state index is -1.32. The Morgan fingerprint density at radius 2 is 0.889 bits per heavy atom. The van der Waals surface area contributed by atoms with Gasteiger partial charge in [-0.05, 0) is 29.2 Å². The summed E-state index contributed by atoms with van der Waals surface area (Å²) in [7, 11) is 0. The minimum absolute atomic E-state index is 0.137. The molecule has 7 rings (SSSR count). The molecule has 3 heteroatoms. The van der Waals surface area contributed by atoms with Gasteiger partial charge in [0.15, 0.2) is 11.6 Å². The maximum absolute atomic E-state index is 15.0. The predicted octanol–water partition coefficient (Wildman–Crippen LogP) is 5.85. The SMILES string of the molecule is CC(=O)C12c3ccccc3C3(C)c4ccccc4C1(C(=O)c1ccccc1)C32C(=O)c1ccccc1. The fraction of sp³-hybridized carbons (Fsp3) is 0.182. The molecular formula is C33H24O3. The first-order chi connectivity index (χ1) is 17.4. The van der Waals surface area contributed by atoms with E-state index in [-0.39, 0.29) is 17.3 Å². The average molecular weight is 469 g/mol. The first-order valence-corrected chi connectivity index (χ1v) is 12.3. The molecule has 0 aromatic heterocycles. The second kappa shape index (κ2) is 6.55. The molecule has 3 aliphatic rings. The molecule has 3 nitrogen and oxygen atoms in total. The third-order valence-electron chi connectivity index (χ3n) is 9.40. The summed E-state index contributed by atoms with van der Waals surface area (Å²) in [5.41, 5.74) is -0.154. The normalized spacial score (nSPS) is 30.2. The van der Waals surface area contributed by atoms with Crippen molar-refractivity contribution in [3.05, 3.63) is 143 Å². The maximum Gasteiger partial charge on any atom is 0.175 e. The molecule has 0 saturated heterocycles. The van der Waals surface area contributed by atoms with E-state index in [4.69, 9.17) is 0 Å². The summed E-state index contributed by atoms with van der Waals surface area (Å²) in [4.78, 5) is 43.9. The number of benzene rings is 4. The quantitative estimate of drug-likeness (QED) is 0.345. The van der Waals surface area contributed by atoms with Crippen LogP contribution in [0.4, 0.5) is 0 Å². The summed E-state index contributed by atoms with van der Waals surface area (Å²) in [6.45, 7) is 3.63. The van der Waals surface area contributed by atoms with Gasteiger partial charge in [0, 0.05) is 16.5 Å². The Balaban J connectivity index is 1.70. The average Bonchev–Trinajstić information content (AvgIpc) is 3.41. The number of hydrogen-bond donors (Lipinski definition) is 0. The number of hydrogen-bond acceptors (Lipinski definition) is 3. The summed E-state index contributed by atoms with van der Waals surface area (Å²) in [5, 5.41) is 0. The van der Waals surface area contributed by atoms with E-state index < -0.39 is 21.7 Å². The third kappa shape index (κ3) is 1.80. The standard InChI is InChI=1S/C33H24O3/c1-21(34)31-26-19-11-9-17-24(26)30(2)25-18-10-12-20-27(25)32(31,28(35)22-13-5-3-6-14-22)33(30,31)29(36)23-15-7-4-8-16-23/h3-20H,1-2H3. The molecule has 0 amide bonds. The van der Waals surface area contributed by atoms with Crippen molar-refractivity contribution in [2.75, 3.05) is 0 Å². The first kappa shape index (κ1) is 21.2. The number of Topliss-reactive ketones (excluding diaryl/α,β-unsaturated/α-hetero) is 3. The van der Waals surface area contributed by atoms with Crippen LogP contribution in [0.25, 0.3) is 0 Å². The van der Waals surface area contributed by atoms with Gasteiger partial charge in [0.25, 0.3) is 0 Å². The molecule has 0 radical (unpaired) electrons. The molecule has 0 N–H and O–H groups in total. The lowest BCUT2D eigenvalue weighted by Gasteiger charge is -2.34. The Morgan fingerprint density at radius 3 is 1.36 bits per heavy atom. The highest BCUT2D eigenvalue weighted by Crippen LogP contribution is 2.94. The van der Waals surface area contributed by atoms with Gasteiger partial charge in [-0.2, -0.15) is 0 Å². The second-order valence-electron chi connectivity index (χ2n) is 10.4. The molecule has 0 heterocycles. The van der Waals surface area contributed by atoms with E-state index in [2.05, 4.69) is 6.92 Å². The molecule has 4 unspecified atom stereocenters. The van der Waals surface area contributed by atoms with Crippen molar-refractivity contribution in [3.63, 3.8) is 0 Å². The lowest BCUT2D eigenvalue weighted by atomic mass is 9.65. The van der Waals surface area contributed by atoms with Crippen molar-refractivity contribution >= 4 is 17.3 Å². The molecule has 174 valence electrons. The van der Waals surface area contributed by atoms with Crippen LogP contribution in [0.1, 0.15) is 56.8 Å². The number of rotatable bonds is 5. The van der Waals surface area contributed by atoms with Crippen molar-refractivity contribution in [2.45, 2.75) is 30.1 Å². The van der Waals surface area contributed by atoms with Crippen LogP contribution in [0.15, 0.2) is 109 Å². The molecule has 0 spiro atoms. The predicted molar refractivity (Wildman–Crippen MR) is 137 cm³/mol. The first-order valence-electron chi connectivity index (χ1n) is 12.3. The zero-order valence-corrected chi connectivity index (χ0v) is 20.1. The van der Waals surface area contributed by atoms with Gasteiger partial charge in [-0.1, -0.05) is 116 Å². The van der Waals surface area contributed by atoms with Crippen molar-refractivity contribution in [1.29, 1.82) is 0 Å². The highest BCUT2D eigenvalue weighted by atomic mass is 16.2. The molecule has 1 saturated carbocycles. The largest absolute Gasteiger partial charge is 0.299 e. The monoisotopic (exact) mass is 468 g/mol. The summed E-state index contributed by atoms with van der Waals surface area (Å²) in [5.74, 6) is -0.438. The number of carbonyl (C=O) groups is 3. The molecule has 1 fully saturated rings. The van der Waals surface area contributed by atoms with Crippen LogP contribution in [0.3, 0.4) is 0 Å². The second-order valence-corrected chi connectivity index (χ2v) is 10.4. The summed E-state index contributed by atoms with van der Waals surface area (Å²) >= 11 is 0. The van der Waals surface area contributed by atoms with Crippen LogP contribution in [0, 0.1) is 5.41 Å². The van der Waals surface area contributed by atoms with Crippen molar-refractivity contribution in [1.82, 2.24) is 0 Å². The Morgan fingerprint density at radius 1 is 0.500 bits per heavy atom. The van der Waals surface area contributed by atoms with E-state index in [1.54, 1.807) is 31.2 Å². The fourth-order valence-corrected chi connectivity index (χ4v) is 8.52. The minimum Gasteiger partial charge on any atom is -0.299 e. The van der Waals surface area contributed by atoms with Crippen molar-refractivity contribution in [2.24, 2.45) is 5.41 Å². The van der Waals surface area contributed by atoms with Crippen LogP contribution < -0.4 is 0 Å². The number of carbonyl (C=O) groups excluding carboxylic acids is 3. The van der Waals surface area contributed by atoms with Gasteiger partial charge < -0.3 is 0 Å². The van der Waals surface area contributed by atoms with Crippen LogP contribution in [0.2, 0.25) is 0 Å². The zero-order valence-electron chi connectivity index (χ0n) is 20.1.